The van der Waals surface area contributed by atoms with Gasteiger partial charge in [-0.15, -0.1) is 5.10 Å². The van der Waals surface area contributed by atoms with Gasteiger partial charge in [-0.25, -0.2) is 4.98 Å². The maximum Gasteiger partial charge on any atom is 0.416 e. The summed E-state index contributed by atoms with van der Waals surface area (Å²) >= 11 is 0. The number of hydrogen-bond donors (Lipinski definition) is 1. The lowest BCUT2D eigenvalue weighted by Crippen LogP contribution is -2.48. The first-order chi connectivity index (χ1) is 19.9. The Hall–Kier alpha value is -4.21. The molecular formula is C27H29F6N7O3. The summed E-state index contributed by atoms with van der Waals surface area (Å²) in [7, 11) is 3.29. The van der Waals surface area contributed by atoms with Crippen LogP contribution in [0.15, 0.2) is 36.5 Å². The van der Waals surface area contributed by atoms with Crippen molar-refractivity contribution in [1.82, 2.24) is 30.0 Å². The molecule has 0 saturated carbocycles. The van der Waals surface area contributed by atoms with E-state index in [0.717, 1.165) is 0 Å². The molecule has 4 rings (SSSR count). The third-order valence-corrected chi connectivity index (χ3v) is 6.52. The van der Waals surface area contributed by atoms with E-state index in [-0.39, 0.29) is 41.8 Å². The van der Waals surface area contributed by atoms with E-state index < -0.39 is 41.0 Å². The number of nitrogens with zero attached hydrogens (tertiary/aromatic N) is 6. The highest BCUT2D eigenvalue weighted by Gasteiger charge is 2.38. The van der Waals surface area contributed by atoms with E-state index in [2.05, 4.69) is 20.4 Å². The molecule has 16 heteroatoms. The molecule has 3 heterocycles. The third-order valence-electron chi connectivity index (χ3n) is 6.52. The van der Waals surface area contributed by atoms with Crippen LogP contribution in [0, 0.1) is 0 Å². The topological polar surface area (TPSA) is 105 Å². The van der Waals surface area contributed by atoms with E-state index >= 15 is 0 Å². The molecule has 0 spiro atoms. The highest BCUT2D eigenvalue weighted by Crippen LogP contribution is 2.36. The Kier molecular flexibility index (Phi) is 8.72. The molecule has 10 nitrogen and oxygen atoms in total. The number of amides is 2. The zero-order chi connectivity index (χ0) is 31.9. The van der Waals surface area contributed by atoms with Crippen LogP contribution in [0.5, 0.6) is 0 Å². The number of aromatic nitrogens is 4. The van der Waals surface area contributed by atoms with Gasteiger partial charge in [-0.3, -0.25) is 9.59 Å². The van der Waals surface area contributed by atoms with Gasteiger partial charge in [-0.2, -0.15) is 36.0 Å². The average Bonchev–Trinajstić information content (AvgIpc) is 3.37. The van der Waals surface area contributed by atoms with Gasteiger partial charge < -0.3 is 19.9 Å². The second-order valence-electron chi connectivity index (χ2n) is 10.4. The molecule has 2 aromatic heterocycles. The largest absolute Gasteiger partial charge is 0.416 e. The Balaban J connectivity index is 1.61. The highest BCUT2D eigenvalue weighted by molar-refractivity contribution is 5.95. The number of carbonyl (C=O) groups is 2. The number of ether oxygens (including phenoxy) is 1. The SMILES string of the molecule is C[C@@H]1CN(C(=O)c2ccc(-n3nc(N(C)C)nc3[C@H](C)NC(=O)c3cc(C(F)(F)F)cc(C(F)(F)F)c3)nc2)C[C@@H](C)O1. The fourth-order valence-electron chi connectivity index (χ4n) is 4.55. The third kappa shape index (κ3) is 7.24. The van der Waals surface area contributed by atoms with E-state index in [9.17, 15) is 35.9 Å². The maximum absolute atomic E-state index is 13.3. The molecule has 3 atom stereocenters. The molecule has 1 aromatic carbocycles. The van der Waals surface area contributed by atoms with E-state index in [0.29, 0.717) is 30.8 Å². The van der Waals surface area contributed by atoms with Crippen LogP contribution in [0.25, 0.3) is 5.82 Å². The smallest absolute Gasteiger partial charge is 0.372 e. The van der Waals surface area contributed by atoms with Crippen molar-refractivity contribution in [2.75, 3.05) is 32.1 Å². The van der Waals surface area contributed by atoms with Gasteiger partial charge in [0.1, 0.15) is 0 Å². The molecule has 232 valence electrons. The maximum atomic E-state index is 13.3. The number of benzene rings is 1. The van der Waals surface area contributed by atoms with Crippen molar-refractivity contribution in [2.45, 2.75) is 51.4 Å². The van der Waals surface area contributed by atoms with Crippen LogP contribution in [0.2, 0.25) is 0 Å². The van der Waals surface area contributed by atoms with Crippen LogP contribution in [0.3, 0.4) is 0 Å². The molecule has 0 radical (unpaired) electrons. The van der Waals surface area contributed by atoms with Gasteiger partial charge in [0.15, 0.2) is 11.6 Å². The normalized spacial score (nSPS) is 18.3. The molecule has 0 aliphatic carbocycles. The molecule has 0 unspecified atom stereocenters. The summed E-state index contributed by atoms with van der Waals surface area (Å²) in [6, 6.07) is 2.65. The summed E-state index contributed by atoms with van der Waals surface area (Å²) in [5, 5.41) is 6.76. The summed E-state index contributed by atoms with van der Waals surface area (Å²) in [5.41, 5.74) is -3.75. The predicted octanol–water partition coefficient (Wildman–Crippen LogP) is 4.51. The van der Waals surface area contributed by atoms with E-state index in [1.807, 2.05) is 13.8 Å². The number of pyridine rings is 1. The van der Waals surface area contributed by atoms with Crippen LogP contribution < -0.4 is 10.2 Å². The second kappa shape index (κ2) is 11.8. The van der Waals surface area contributed by atoms with Crippen molar-refractivity contribution in [2.24, 2.45) is 0 Å². The van der Waals surface area contributed by atoms with Gasteiger partial charge in [-0.05, 0) is 51.1 Å². The van der Waals surface area contributed by atoms with Crippen LogP contribution in [0.1, 0.15) is 64.5 Å². The molecule has 0 bridgehead atoms. The quantitative estimate of drug-likeness (QED) is 0.408. The number of carbonyl (C=O) groups excluding carboxylic acids is 2. The van der Waals surface area contributed by atoms with Crippen molar-refractivity contribution in [3.05, 3.63) is 64.6 Å². The number of rotatable bonds is 6. The van der Waals surface area contributed by atoms with Gasteiger partial charge in [0.2, 0.25) is 5.95 Å². The zero-order valence-corrected chi connectivity index (χ0v) is 23.8. The highest BCUT2D eigenvalue weighted by atomic mass is 19.4. The van der Waals surface area contributed by atoms with E-state index in [4.69, 9.17) is 4.74 Å². The zero-order valence-electron chi connectivity index (χ0n) is 23.8. The molecule has 1 aliphatic rings. The Bertz CT molecular complexity index is 1450. The lowest BCUT2D eigenvalue weighted by Gasteiger charge is -2.35. The number of morpholine rings is 1. The molecule has 1 saturated heterocycles. The van der Waals surface area contributed by atoms with Crippen LogP contribution in [-0.4, -0.2) is 75.9 Å². The van der Waals surface area contributed by atoms with E-state index in [1.54, 1.807) is 30.0 Å². The Labute approximate surface area is 242 Å². The van der Waals surface area contributed by atoms with Crippen LogP contribution in [-0.2, 0) is 17.1 Å². The van der Waals surface area contributed by atoms with Gasteiger partial charge in [0.25, 0.3) is 11.8 Å². The number of halogens is 6. The molecular weight excluding hydrogens is 584 g/mol. The average molecular weight is 614 g/mol. The first-order valence-corrected chi connectivity index (χ1v) is 13.1. The summed E-state index contributed by atoms with van der Waals surface area (Å²) in [5.74, 6) is -0.952. The molecule has 1 aliphatic heterocycles. The molecule has 1 N–H and O–H groups in total. The Morgan fingerprint density at radius 3 is 2.05 bits per heavy atom. The minimum atomic E-state index is -5.11. The fourth-order valence-corrected chi connectivity index (χ4v) is 4.55. The molecule has 1 fully saturated rings. The van der Waals surface area contributed by atoms with Gasteiger partial charge in [0, 0.05) is 38.9 Å². The van der Waals surface area contributed by atoms with Crippen molar-refractivity contribution in [3.8, 4) is 5.82 Å². The van der Waals surface area contributed by atoms with Gasteiger partial charge in [0.05, 0.1) is 34.9 Å². The van der Waals surface area contributed by atoms with Crippen molar-refractivity contribution in [3.63, 3.8) is 0 Å². The summed E-state index contributed by atoms with van der Waals surface area (Å²) < 4.78 is 86.8. The van der Waals surface area contributed by atoms with Crippen LogP contribution >= 0.6 is 0 Å². The second-order valence-corrected chi connectivity index (χ2v) is 10.4. The summed E-state index contributed by atoms with van der Waals surface area (Å²) in [4.78, 5) is 37.9. The fraction of sp³-hybridized carbons (Fsp3) is 0.444. The van der Waals surface area contributed by atoms with Crippen molar-refractivity contribution >= 4 is 17.8 Å². The first kappa shape index (κ1) is 31.7. The van der Waals surface area contributed by atoms with Crippen molar-refractivity contribution < 1.29 is 40.7 Å². The number of anilines is 1. The van der Waals surface area contributed by atoms with Crippen molar-refractivity contribution in [1.29, 1.82) is 0 Å². The molecule has 2 amide bonds. The Morgan fingerprint density at radius 1 is 0.977 bits per heavy atom. The Morgan fingerprint density at radius 2 is 1.56 bits per heavy atom. The van der Waals surface area contributed by atoms with Crippen LogP contribution in [0.4, 0.5) is 32.3 Å². The van der Waals surface area contributed by atoms with E-state index in [1.165, 1.54) is 23.9 Å². The summed E-state index contributed by atoms with van der Waals surface area (Å²) in [6.45, 7) is 6.01. The molecule has 3 aromatic rings. The van der Waals surface area contributed by atoms with Gasteiger partial charge >= 0.3 is 12.4 Å². The molecule has 43 heavy (non-hydrogen) atoms. The lowest BCUT2D eigenvalue weighted by molar-refractivity contribution is -0.143. The minimum Gasteiger partial charge on any atom is -0.372 e. The number of hydrogen-bond acceptors (Lipinski definition) is 7. The number of alkyl halides is 6. The minimum absolute atomic E-state index is 0.0551. The predicted molar refractivity (Wildman–Crippen MR) is 142 cm³/mol. The number of nitrogens with one attached hydrogen (secondary N) is 1. The summed E-state index contributed by atoms with van der Waals surface area (Å²) in [6.07, 6.45) is -9.13. The first-order valence-electron chi connectivity index (χ1n) is 13.1. The monoisotopic (exact) mass is 613 g/mol. The standard InChI is InChI=1S/C27H29F6N7O3/c1-14-12-39(13-15(2)43-14)24(42)17-6-7-21(34-11-17)40-22(36-25(37-40)38(4)5)16(3)35-23(41)18-8-19(26(28,29)30)10-20(9-18)27(31,32)33/h6-11,14-16H,12-13H2,1-5H3,(H,35,41)/t14-,15-,16+/m1/s1. The lowest BCUT2D eigenvalue weighted by atomic mass is 10.0. The van der Waals surface area contributed by atoms with Gasteiger partial charge in [-0.1, -0.05) is 0 Å².